The fourth-order valence-electron chi connectivity index (χ4n) is 10.1. The molecule has 1 aliphatic heterocycles. The van der Waals surface area contributed by atoms with Gasteiger partial charge < -0.3 is 18.8 Å². The van der Waals surface area contributed by atoms with E-state index in [2.05, 4.69) is 90.4 Å². The highest BCUT2D eigenvalue weighted by Crippen LogP contribution is 2.61. The predicted molar refractivity (Wildman–Crippen MR) is 195 cm³/mol. The second-order valence-electron chi connectivity index (χ2n) is 13.8. The molecule has 14 heteroatoms. The molecule has 9 rings (SSSR count). The average molecular weight is 1100 g/mol. The van der Waals surface area contributed by atoms with E-state index in [-0.39, 0.29) is 22.5 Å². The molecule has 46 heavy (non-hydrogen) atoms. The van der Waals surface area contributed by atoms with E-state index in [1.54, 1.807) is 12.1 Å². The summed E-state index contributed by atoms with van der Waals surface area (Å²) in [5.74, 6) is -1.97. The first-order valence-corrected chi connectivity index (χ1v) is 21.1. The molecule has 0 N–H and O–H groups in total. The summed E-state index contributed by atoms with van der Waals surface area (Å²) in [6, 6.07) is 5.97. The zero-order valence-electron chi connectivity index (χ0n) is 24.0. The molecule has 7 fully saturated rings. The van der Waals surface area contributed by atoms with E-state index in [1.165, 1.54) is 18.6 Å². The molecule has 1 heterocycles. The van der Waals surface area contributed by atoms with Gasteiger partial charge in [-0.3, -0.25) is 9.59 Å². The minimum atomic E-state index is -4.75. The van der Waals surface area contributed by atoms with Gasteiger partial charge in [-0.05, 0) is 188 Å². The van der Waals surface area contributed by atoms with Crippen molar-refractivity contribution in [3.05, 3.63) is 49.7 Å². The second kappa shape index (κ2) is 11.9. The quantitative estimate of drug-likeness (QED) is 0.0795. The van der Waals surface area contributed by atoms with Gasteiger partial charge in [0.1, 0.15) is 28.1 Å². The molecule has 6 bridgehead atoms. The second-order valence-corrected chi connectivity index (χ2v) is 19.5. The topological polar surface area (TPSA) is 136 Å². The third-order valence-electron chi connectivity index (χ3n) is 11.4. The Hall–Kier alpha value is -0.320. The molecule has 1 saturated heterocycles. The largest absolute Gasteiger partial charge is 0.744 e. The van der Waals surface area contributed by atoms with E-state index in [0.29, 0.717) is 41.2 Å². The normalized spacial score (nSPS) is 36.6. The third kappa shape index (κ3) is 5.29. The van der Waals surface area contributed by atoms with Crippen LogP contribution in [0.15, 0.2) is 29.2 Å². The van der Waals surface area contributed by atoms with Crippen LogP contribution in [0.2, 0.25) is 0 Å². The molecular formula is C32H27I4O9S-. The Morgan fingerprint density at radius 3 is 2.17 bits per heavy atom. The minimum absolute atomic E-state index is 0.0720. The van der Waals surface area contributed by atoms with Gasteiger partial charge >= 0.3 is 17.9 Å². The lowest BCUT2D eigenvalue weighted by molar-refractivity contribution is -0.149. The molecule has 244 valence electrons. The Morgan fingerprint density at radius 2 is 1.52 bits per heavy atom. The van der Waals surface area contributed by atoms with Crippen molar-refractivity contribution < 1.29 is 41.6 Å². The Labute approximate surface area is 320 Å². The van der Waals surface area contributed by atoms with E-state index in [1.807, 2.05) is 0 Å². The number of benzene rings is 2. The van der Waals surface area contributed by atoms with Crippen LogP contribution in [0.3, 0.4) is 0 Å². The molecular weight excluding hydrogens is 1070 g/mol. The maximum absolute atomic E-state index is 13.9. The molecule has 2 aromatic rings. The zero-order chi connectivity index (χ0) is 32.4. The zero-order valence-corrected chi connectivity index (χ0v) is 33.4. The third-order valence-corrected chi connectivity index (χ3v) is 19.6. The van der Waals surface area contributed by atoms with Crippen LogP contribution in [0.5, 0.6) is 5.75 Å². The number of ether oxygens (including phenoxy) is 3. The number of halogens is 4. The minimum Gasteiger partial charge on any atom is -0.744 e. The molecule has 6 atom stereocenters. The van der Waals surface area contributed by atoms with Crippen LogP contribution >= 0.6 is 90.4 Å². The summed E-state index contributed by atoms with van der Waals surface area (Å²) < 4.78 is 58.5. The molecule has 2 aromatic carbocycles. The number of esters is 3. The number of fused-ring (bicyclic) bond motifs is 1. The number of hydrogen-bond acceptors (Lipinski definition) is 9. The lowest BCUT2D eigenvalue weighted by atomic mass is 9.51. The number of carbonyl (C=O) groups excluding carboxylic acids is 3. The summed E-state index contributed by atoms with van der Waals surface area (Å²) in [6.45, 7) is 0. The van der Waals surface area contributed by atoms with Gasteiger partial charge in [-0.15, -0.1) is 0 Å². The van der Waals surface area contributed by atoms with E-state index < -0.39 is 58.0 Å². The van der Waals surface area contributed by atoms with Gasteiger partial charge in [0.2, 0.25) is 0 Å². The summed E-state index contributed by atoms with van der Waals surface area (Å²) >= 11 is 8.75. The van der Waals surface area contributed by atoms with Crippen molar-refractivity contribution in [2.45, 2.75) is 61.5 Å². The smallest absolute Gasteiger partial charge is 0.339 e. The Bertz CT molecular complexity index is 1780. The Balaban J connectivity index is 1.07. The summed E-state index contributed by atoms with van der Waals surface area (Å²) in [5, 5.41) is 0. The van der Waals surface area contributed by atoms with Crippen LogP contribution in [0, 0.1) is 61.6 Å². The molecule has 7 aliphatic rings. The van der Waals surface area contributed by atoms with Crippen molar-refractivity contribution >= 4 is 118 Å². The van der Waals surface area contributed by atoms with Gasteiger partial charge in [0.15, 0.2) is 0 Å². The highest BCUT2D eigenvalue weighted by molar-refractivity contribution is 14.1. The highest BCUT2D eigenvalue weighted by Gasteiger charge is 2.70. The van der Waals surface area contributed by atoms with Crippen molar-refractivity contribution in [2.75, 3.05) is 0 Å². The average Bonchev–Trinajstić information content (AvgIpc) is 3.61. The van der Waals surface area contributed by atoms with E-state index in [4.69, 9.17) is 14.2 Å². The van der Waals surface area contributed by atoms with Crippen LogP contribution in [0.4, 0.5) is 0 Å². The van der Waals surface area contributed by atoms with E-state index in [9.17, 15) is 27.4 Å². The van der Waals surface area contributed by atoms with Gasteiger partial charge in [-0.1, -0.05) is 0 Å². The first kappa shape index (κ1) is 32.9. The standard InChI is InChI=1S/C32H28I4O9S/c33-20-10-19(25(34)27(36)26(20)35)30(37)44-28-17-9-18-24(32(39)45-29(18)28)23(17)31(38)43-15-1-2-21(46(40,41)42)16(8-15)22-13-4-11-3-12(6-13)7-14(22)5-11/h1-2,8,10-14,17-18,22-24,28-29H,3-7,9H2,(H,40,41,42)/p-1. The lowest BCUT2D eigenvalue weighted by Crippen LogP contribution is -2.44. The Kier molecular flexibility index (Phi) is 8.49. The maximum Gasteiger partial charge on any atom is 0.339 e. The van der Waals surface area contributed by atoms with E-state index in [0.717, 1.165) is 40.0 Å². The monoisotopic (exact) mass is 1090 g/mol. The predicted octanol–water partition coefficient (Wildman–Crippen LogP) is 6.49. The summed E-state index contributed by atoms with van der Waals surface area (Å²) in [4.78, 5) is 40.1. The van der Waals surface area contributed by atoms with Crippen LogP contribution in [0.1, 0.15) is 60.4 Å². The fourth-order valence-corrected chi connectivity index (χ4v) is 14.1. The van der Waals surface area contributed by atoms with Crippen molar-refractivity contribution in [3.63, 3.8) is 0 Å². The Morgan fingerprint density at radius 1 is 0.848 bits per heavy atom. The van der Waals surface area contributed by atoms with E-state index >= 15 is 0 Å². The van der Waals surface area contributed by atoms with Crippen LogP contribution < -0.4 is 4.74 Å². The fraction of sp³-hybridized carbons (Fsp3) is 0.531. The molecule has 6 unspecified atom stereocenters. The molecule has 0 aromatic heterocycles. The SMILES string of the molecule is O=C(OC1C2CC3C1OC(=O)C3C2C(=O)Oc1ccc(S(=O)(=O)[O-])c(C2C3CC4CC(C3)CC2C4)c1)c1cc(I)c(I)c(I)c1I. The van der Waals surface area contributed by atoms with Crippen LogP contribution in [-0.4, -0.2) is 43.1 Å². The highest BCUT2D eigenvalue weighted by atomic mass is 127. The maximum atomic E-state index is 13.9. The molecule has 6 aliphatic carbocycles. The van der Waals surface area contributed by atoms with Crippen LogP contribution in [-0.2, 0) is 29.2 Å². The summed E-state index contributed by atoms with van der Waals surface area (Å²) in [6.07, 6.45) is 4.41. The molecule has 0 amide bonds. The van der Waals surface area contributed by atoms with Gasteiger partial charge in [0.05, 0.1) is 22.3 Å². The number of hydrogen-bond donors (Lipinski definition) is 0. The molecule has 0 spiro atoms. The van der Waals surface area contributed by atoms with Gasteiger partial charge in [0, 0.05) is 26.1 Å². The first-order chi connectivity index (χ1) is 21.8. The van der Waals surface area contributed by atoms with Gasteiger partial charge in [-0.25, -0.2) is 13.2 Å². The number of carbonyl (C=O) groups is 3. The first-order valence-electron chi connectivity index (χ1n) is 15.4. The van der Waals surface area contributed by atoms with Crippen molar-refractivity contribution in [1.29, 1.82) is 0 Å². The van der Waals surface area contributed by atoms with Crippen LogP contribution in [0.25, 0.3) is 0 Å². The number of rotatable bonds is 6. The van der Waals surface area contributed by atoms with Crippen molar-refractivity contribution in [2.24, 2.45) is 47.3 Å². The summed E-state index contributed by atoms with van der Waals surface area (Å²) in [7, 11) is -4.75. The van der Waals surface area contributed by atoms with Crippen molar-refractivity contribution in [3.8, 4) is 5.75 Å². The molecule has 9 nitrogen and oxygen atoms in total. The lowest BCUT2D eigenvalue weighted by Gasteiger charge is -2.55. The van der Waals surface area contributed by atoms with Gasteiger partial charge in [-0.2, -0.15) is 0 Å². The van der Waals surface area contributed by atoms with Crippen molar-refractivity contribution in [1.82, 2.24) is 0 Å². The molecule has 6 saturated carbocycles. The molecule has 0 radical (unpaired) electrons. The summed E-state index contributed by atoms with van der Waals surface area (Å²) in [5.41, 5.74) is 0.869. The van der Waals surface area contributed by atoms with Gasteiger partial charge in [0.25, 0.3) is 0 Å².